The minimum absolute atomic E-state index is 0.203. The van der Waals surface area contributed by atoms with Gasteiger partial charge in [0.2, 0.25) is 0 Å². The van der Waals surface area contributed by atoms with Crippen molar-refractivity contribution in [1.82, 2.24) is 10.3 Å². The predicted molar refractivity (Wildman–Crippen MR) is 53.8 cm³/mol. The number of carbonyl (C=O) groups excluding carboxylic acids is 2. The number of pyridine rings is 1. The van der Waals surface area contributed by atoms with Crippen LogP contribution in [-0.4, -0.2) is 24.2 Å². The van der Waals surface area contributed by atoms with E-state index in [0.717, 1.165) is 13.3 Å². The second-order valence-electron chi connectivity index (χ2n) is 3.03. The molecular formula is C9H8F3N3O3. The zero-order valence-electron chi connectivity index (χ0n) is 9.04. The smallest absolute Gasteiger partial charge is 0.417 e. The average molecular weight is 263 g/mol. The van der Waals surface area contributed by atoms with Gasteiger partial charge in [-0.2, -0.15) is 13.2 Å². The first kappa shape index (κ1) is 13.7. The average Bonchev–Trinajstić information content (AvgIpc) is 2.27. The maximum Gasteiger partial charge on any atom is 0.417 e. The molecule has 3 amide bonds. The van der Waals surface area contributed by atoms with Crippen LogP contribution in [0.2, 0.25) is 0 Å². The molecular weight excluding hydrogens is 255 g/mol. The summed E-state index contributed by atoms with van der Waals surface area (Å²) in [6.07, 6.45) is -3.98. The SMILES string of the molecule is COC(=O)NC(=O)Nc1cncc(C(F)(F)F)c1. The number of methoxy groups -OCH3 is 1. The summed E-state index contributed by atoms with van der Waals surface area (Å²) < 4.78 is 41.1. The number of hydrogen-bond donors (Lipinski definition) is 2. The van der Waals surface area contributed by atoms with E-state index < -0.39 is 23.9 Å². The molecule has 0 unspecified atom stereocenters. The number of hydrogen-bond acceptors (Lipinski definition) is 4. The Morgan fingerprint density at radius 1 is 1.33 bits per heavy atom. The second kappa shape index (κ2) is 5.34. The molecule has 0 spiro atoms. The standard InChI is InChI=1S/C9H8F3N3O3/c1-18-8(17)15-7(16)14-6-2-5(3-13-4-6)9(10,11)12/h2-4H,1H3,(H2,14,15,16,17). The number of imide groups is 1. The molecule has 0 atom stereocenters. The van der Waals surface area contributed by atoms with Crippen LogP contribution in [0.5, 0.6) is 0 Å². The number of alkyl halides is 3. The van der Waals surface area contributed by atoms with Crippen LogP contribution >= 0.6 is 0 Å². The zero-order chi connectivity index (χ0) is 13.8. The first-order valence-electron chi connectivity index (χ1n) is 4.51. The van der Waals surface area contributed by atoms with Gasteiger partial charge in [-0.25, -0.2) is 14.9 Å². The summed E-state index contributed by atoms with van der Waals surface area (Å²) in [5.74, 6) is 0. The Bertz CT molecular complexity index is 462. The van der Waals surface area contributed by atoms with Gasteiger partial charge in [-0.3, -0.25) is 4.98 Å². The number of urea groups is 1. The molecule has 9 heteroatoms. The Morgan fingerprint density at radius 2 is 2.00 bits per heavy atom. The van der Waals surface area contributed by atoms with Gasteiger partial charge in [0.05, 0.1) is 24.6 Å². The molecule has 1 aromatic heterocycles. The summed E-state index contributed by atoms with van der Waals surface area (Å²) in [7, 11) is 1.04. The summed E-state index contributed by atoms with van der Waals surface area (Å²) in [6, 6.07) is -0.341. The minimum atomic E-state index is -4.57. The molecule has 6 nitrogen and oxygen atoms in total. The molecule has 0 radical (unpaired) electrons. The number of ether oxygens (including phenoxy) is 1. The number of alkyl carbamates (subject to hydrolysis) is 1. The highest BCUT2D eigenvalue weighted by atomic mass is 19.4. The highest BCUT2D eigenvalue weighted by Gasteiger charge is 2.31. The first-order valence-corrected chi connectivity index (χ1v) is 4.51. The van der Waals surface area contributed by atoms with Crippen LogP contribution < -0.4 is 10.6 Å². The minimum Gasteiger partial charge on any atom is -0.453 e. The quantitative estimate of drug-likeness (QED) is 0.811. The Morgan fingerprint density at radius 3 is 2.56 bits per heavy atom. The fraction of sp³-hybridized carbons (Fsp3) is 0.222. The topological polar surface area (TPSA) is 80.3 Å². The van der Waals surface area contributed by atoms with E-state index in [1.54, 1.807) is 5.32 Å². The lowest BCUT2D eigenvalue weighted by atomic mass is 10.2. The van der Waals surface area contributed by atoms with Crippen molar-refractivity contribution in [2.24, 2.45) is 0 Å². The molecule has 1 rings (SSSR count). The number of carbonyl (C=O) groups is 2. The van der Waals surface area contributed by atoms with Crippen LogP contribution in [0.3, 0.4) is 0 Å². The first-order chi connectivity index (χ1) is 8.32. The van der Waals surface area contributed by atoms with Gasteiger partial charge < -0.3 is 10.1 Å². The van der Waals surface area contributed by atoms with E-state index in [1.165, 1.54) is 0 Å². The predicted octanol–water partition coefficient (Wildman–Crippen LogP) is 1.99. The van der Waals surface area contributed by atoms with E-state index in [-0.39, 0.29) is 5.69 Å². The van der Waals surface area contributed by atoms with Gasteiger partial charge in [-0.1, -0.05) is 0 Å². The number of nitrogens with zero attached hydrogens (tertiary/aromatic N) is 1. The lowest BCUT2D eigenvalue weighted by Gasteiger charge is -2.09. The molecule has 0 fully saturated rings. The van der Waals surface area contributed by atoms with Crippen molar-refractivity contribution in [3.8, 4) is 0 Å². The number of nitrogens with one attached hydrogen (secondary N) is 2. The van der Waals surface area contributed by atoms with E-state index >= 15 is 0 Å². The van der Waals surface area contributed by atoms with Crippen LogP contribution in [0.4, 0.5) is 28.4 Å². The zero-order valence-corrected chi connectivity index (χ0v) is 9.04. The Kier molecular flexibility index (Phi) is 4.08. The summed E-state index contributed by atoms with van der Waals surface area (Å²) in [5.41, 5.74) is -1.22. The van der Waals surface area contributed by atoms with E-state index in [1.807, 2.05) is 5.32 Å². The van der Waals surface area contributed by atoms with Gasteiger partial charge in [-0.15, -0.1) is 0 Å². The third-order valence-electron chi connectivity index (χ3n) is 1.72. The van der Waals surface area contributed by atoms with Crippen molar-refractivity contribution in [2.45, 2.75) is 6.18 Å². The van der Waals surface area contributed by atoms with Gasteiger partial charge in [0, 0.05) is 6.20 Å². The van der Waals surface area contributed by atoms with Crippen LogP contribution in [0.1, 0.15) is 5.56 Å². The van der Waals surface area contributed by atoms with Gasteiger partial charge in [0.15, 0.2) is 0 Å². The Hall–Kier alpha value is -2.32. The largest absolute Gasteiger partial charge is 0.453 e. The van der Waals surface area contributed by atoms with Crippen molar-refractivity contribution < 1.29 is 27.5 Å². The van der Waals surface area contributed by atoms with E-state index in [4.69, 9.17) is 0 Å². The number of rotatable bonds is 1. The molecule has 2 N–H and O–H groups in total. The molecule has 98 valence electrons. The van der Waals surface area contributed by atoms with Crippen LogP contribution in [0.25, 0.3) is 0 Å². The molecule has 0 aliphatic carbocycles. The molecule has 0 bridgehead atoms. The van der Waals surface area contributed by atoms with Crippen LogP contribution in [0.15, 0.2) is 18.5 Å². The third-order valence-corrected chi connectivity index (χ3v) is 1.72. The van der Waals surface area contributed by atoms with Gasteiger partial charge >= 0.3 is 18.3 Å². The maximum atomic E-state index is 12.3. The molecule has 0 aliphatic rings. The van der Waals surface area contributed by atoms with Crippen molar-refractivity contribution in [3.63, 3.8) is 0 Å². The summed E-state index contributed by atoms with van der Waals surface area (Å²) in [4.78, 5) is 25.1. The van der Waals surface area contributed by atoms with E-state index in [0.29, 0.717) is 12.3 Å². The van der Waals surface area contributed by atoms with Gasteiger partial charge in [0.25, 0.3) is 0 Å². The van der Waals surface area contributed by atoms with E-state index in [9.17, 15) is 22.8 Å². The van der Waals surface area contributed by atoms with E-state index in [2.05, 4.69) is 9.72 Å². The molecule has 18 heavy (non-hydrogen) atoms. The number of anilines is 1. The fourth-order valence-corrected chi connectivity index (χ4v) is 0.969. The molecule has 0 saturated heterocycles. The normalized spacial score (nSPS) is 10.7. The summed E-state index contributed by atoms with van der Waals surface area (Å²) >= 11 is 0. The Labute approximate surface area is 99.1 Å². The van der Waals surface area contributed by atoms with Crippen LogP contribution in [0, 0.1) is 0 Å². The highest BCUT2D eigenvalue weighted by Crippen LogP contribution is 2.29. The molecule has 0 aromatic carbocycles. The van der Waals surface area contributed by atoms with Crippen molar-refractivity contribution in [3.05, 3.63) is 24.0 Å². The number of aromatic nitrogens is 1. The molecule has 1 heterocycles. The lowest BCUT2D eigenvalue weighted by molar-refractivity contribution is -0.137. The Balaban J connectivity index is 2.74. The monoisotopic (exact) mass is 263 g/mol. The highest BCUT2D eigenvalue weighted by molar-refractivity contribution is 5.98. The maximum absolute atomic E-state index is 12.3. The van der Waals surface area contributed by atoms with Crippen molar-refractivity contribution >= 4 is 17.8 Å². The number of amides is 3. The third kappa shape index (κ3) is 3.92. The molecule has 0 saturated carbocycles. The molecule has 1 aromatic rings. The second-order valence-corrected chi connectivity index (χ2v) is 3.03. The number of halogens is 3. The molecule has 0 aliphatic heterocycles. The lowest BCUT2D eigenvalue weighted by Crippen LogP contribution is -2.34. The van der Waals surface area contributed by atoms with Gasteiger partial charge in [-0.05, 0) is 6.07 Å². The summed E-state index contributed by atoms with van der Waals surface area (Å²) in [6.45, 7) is 0. The summed E-state index contributed by atoms with van der Waals surface area (Å²) in [5, 5.41) is 3.72. The van der Waals surface area contributed by atoms with Crippen molar-refractivity contribution in [1.29, 1.82) is 0 Å². The fourth-order valence-electron chi connectivity index (χ4n) is 0.969. The van der Waals surface area contributed by atoms with Crippen molar-refractivity contribution in [2.75, 3.05) is 12.4 Å². The van der Waals surface area contributed by atoms with Gasteiger partial charge in [0.1, 0.15) is 0 Å². The van der Waals surface area contributed by atoms with Crippen LogP contribution in [-0.2, 0) is 10.9 Å².